The van der Waals surface area contributed by atoms with E-state index in [-0.39, 0.29) is 0 Å². The molecule has 1 saturated heterocycles. The molecular weight excluding hydrogens is 284 g/mol. The molecule has 0 amide bonds. The molecule has 0 atom stereocenters. The van der Waals surface area contributed by atoms with Gasteiger partial charge in [-0.2, -0.15) is 4.31 Å². The molecule has 0 saturated carbocycles. The first-order valence-corrected chi connectivity index (χ1v) is 9.20. The highest BCUT2D eigenvalue weighted by atomic mass is 32.2. The molecule has 0 unspecified atom stereocenters. The molecule has 1 aromatic rings. The summed E-state index contributed by atoms with van der Waals surface area (Å²) < 4.78 is 27.0. The summed E-state index contributed by atoms with van der Waals surface area (Å²) in [5.41, 5.74) is 6.83. The normalized spacial score (nSPS) is 19.6. The van der Waals surface area contributed by atoms with Crippen LogP contribution in [0.5, 0.6) is 0 Å². The molecule has 0 aromatic heterocycles. The lowest BCUT2D eigenvalue weighted by molar-refractivity contribution is 0.141. The third-order valence-electron chi connectivity index (χ3n) is 5.08. The van der Waals surface area contributed by atoms with Crippen molar-refractivity contribution in [1.82, 2.24) is 4.31 Å². The number of nitrogens with two attached hydrogens (primary N) is 1. The maximum atomic E-state index is 12.7. The zero-order valence-corrected chi connectivity index (χ0v) is 13.8. The van der Waals surface area contributed by atoms with Crippen molar-refractivity contribution in [3.05, 3.63) is 29.8 Å². The van der Waals surface area contributed by atoms with E-state index in [2.05, 4.69) is 13.8 Å². The second-order valence-electron chi connectivity index (χ2n) is 5.96. The second-order valence-corrected chi connectivity index (χ2v) is 7.90. The van der Waals surface area contributed by atoms with Crippen LogP contribution >= 0.6 is 0 Å². The molecule has 1 aliphatic heterocycles. The Hall–Kier alpha value is -0.910. The molecule has 1 aromatic carbocycles. The number of nitrogens with zero attached hydrogens (tertiary/aromatic N) is 1. The Morgan fingerprint density at radius 1 is 1.10 bits per heavy atom. The van der Waals surface area contributed by atoms with Crippen LogP contribution in [0.15, 0.2) is 29.2 Å². The summed E-state index contributed by atoms with van der Waals surface area (Å²) in [6, 6.07) is 6.91. The van der Waals surface area contributed by atoms with Crippen molar-refractivity contribution in [3.63, 3.8) is 0 Å². The molecule has 1 fully saturated rings. The largest absolute Gasteiger partial charge is 0.326 e. The minimum Gasteiger partial charge on any atom is -0.326 e. The van der Waals surface area contributed by atoms with Gasteiger partial charge in [0.05, 0.1) is 4.90 Å². The van der Waals surface area contributed by atoms with Crippen molar-refractivity contribution >= 4 is 10.0 Å². The molecule has 118 valence electrons. The monoisotopic (exact) mass is 310 g/mol. The Balaban J connectivity index is 2.14. The molecule has 0 aliphatic carbocycles. The molecule has 0 radical (unpaired) electrons. The summed E-state index contributed by atoms with van der Waals surface area (Å²) in [5.74, 6) is 0. The Labute approximate surface area is 128 Å². The number of sulfonamides is 1. The van der Waals surface area contributed by atoms with Gasteiger partial charge in [-0.05, 0) is 36.0 Å². The predicted molar refractivity (Wildman–Crippen MR) is 85.3 cm³/mol. The van der Waals surface area contributed by atoms with Gasteiger partial charge in [-0.25, -0.2) is 8.42 Å². The summed E-state index contributed by atoms with van der Waals surface area (Å²) in [6.45, 7) is 6.10. The van der Waals surface area contributed by atoms with E-state index in [1.165, 1.54) is 0 Å². The standard InChI is InChI=1S/C16H26N2O2S/c1-3-16(4-2)9-11-18(12-10-16)21(19,20)15-7-5-14(13-17)6-8-15/h5-8H,3-4,9-13,17H2,1-2H3. The molecule has 2 rings (SSSR count). The van der Waals surface area contributed by atoms with Gasteiger partial charge in [0.15, 0.2) is 0 Å². The maximum Gasteiger partial charge on any atom is 0.243 e. The van der Waals surface area contributed by atoms with Crippen molar-refractivity contribution in [1.29, 1.82) is 0 Å². The molecule has 21 heavy (non-hydrogen) atoms. The van der Waals surface area contributed by atoms with E-state index in [0.29, 0.717) is 29.9 Å². The van der Waals surface area contributed by atoms with Gasteiger partial charge in [-0.15, -0.1) is 0 Å². The lowest BCUT2D eigenvalue weighted by Gasteiger charge is -2.40. The van der Waals surface area contributed by atoms with Gasteiger partial charge in [0.2, 0.25) is 10.0 Å². The van der Waals surface area contributed by atoms with E-state index in [0.717, 1.165) is 31.2 Å². The smallest absolute Gasteiger partial charge is 0.243 e. The zero-order chi connectivity index (χ0) is 15.5. The molecule has 0 spiro atoms. The predicted octanol–water partition coefficient (Wildman–Crippen LogP) is 2.74. The quantitative estimate of drug-likeness (QED) is 0.909. The first-order chi connectivity index (χ1) is 9.97. The summed E-state index contributed by atoms with van der Waals surface area (Å²) in [6.07, 6.45) is 4.17. The van der Waals surface area contributed by atoms with Crippen LogP contribution in [0.3, 0.4) is 0 Å². The van der Waals surface area contributed by atoms with E-state index in [1.807, 2.05) is 0 Å². The zero-order valence-electron chi connectivity index (χ0n) is 13.0. The van der Waals surface area contributed by atoms with Crippen LogP contribution in [0.2, 0.25) is 0 Å². The molecule has 1 heterocycles. The summed E-state index contributed by atoms with van der Waals surface area (Å²) in [7, 11) is -3.36. The third-order valence-corrected chi connectivity index (χ3v) is 6.99. The number of hydrogen-bond acceptors (Lipinski definition) is 3. The van der Waals surface area contributed by atoms with Crippen LogP contribution in [0.25, 0.3) is 0 Å². The van der Waals surface area contributed by atoms with Gasteiger partial charge in [-0.3, -0.25) is 0 Å². The van der Waals surface area contributed by atoms with Gasteiger partial charge in [0.25, 0.3) is 0 Å². The first kappa shape index (κ1) is 16.5. The Kier molecular flexibility index (Phi) is 5.07. The lowest BCUT2D eigenvalue weighted by Crippen LogP contribution is -2.42. The third kappa shape index (κ3) is 3.30. The fourth-order valence-corrected chi connectivity index (χ4v) is 4.55. The van der Waals surface area contributed by atoms with Crippen molar-refractivity contribution in [2.75, 3.05) is 13.1 Å². The van der Waals surface area contributed by atoms with Crippen molar-refractivity contribution < 1.29 is 8.42 Å². The molecule has 2 N–H and O–H groups in total. The molecule has 5 heteroatoms. The molecule has 1 aliphatic rings. The van der Waals surface area contributed by atoms with Crippen LogP contribution in [0.4, 0.5) is 0 Å². The summed E-state index contributed by atoms with van der Waals surface area (Å²) in [5, 5.41) is 0. The van der Waals surface area contributed by atoms with E-state index in [9.17, 15) is 8.42 Å². The van der Waals surface area contributed by atoms with Crippen LogP contribution in [0.1, 0.15) is 45.1 Å². The fourth-order valence-electron chi connectivity index (χ4n) is 3.10. The minimum atomic E-state index is -3.36. The lowest BCUT2D eigenvalue weighted by atomic mass is 9.75. The van der Waals surface area contributed by atoms with Gasteiger partial charge in [0, 0.05) is 19.6 Å². The molecular formula is C16H26N2O2S. The van der Waals surface area contributed by atoms with Crippen LogP contribution in [-0.2, 0) is 16.6 Å². The van der Waals surface area contributed by atoms with Crippen molar-refractivity contribution in [2.24, 2.45) is 11.1 Å². The van der Waals surface area contributed by atoms with Gasteiger partial charge >= 0.3 is 0 Å². The average molecular weight is 310 g/mol. The van der Waals surface area contributed by atoms with Gasteiger partial charge in [0.1, 0.15) is 0 Å². The number of piperidine rings is 1. The first-order valence-electron chi connectivity index (χ1n) is 7.76. The Morgan fingerprint density at radius 2 is 1.62 bits per heavy atom. The highest BCUT2D eigenvalue weighted by Gasteiger charge is 2.36. The molecule has 0 bridgehead atoms. The highest BCUT2D eigenvalue weighted by Crippen LogP contribution is 2.39. The number of benzene rings is 1. The van der Waals surface area contributed by atoms with E-state index in [4.69, 9.17) is 5.73 Å². The molecule has 4 nitrogen and oxygen atoms in total. The van der Waals surface area contributed by atoms with Crippen molar-refractivity contribution in [2.45, 2.75) is 51.0 Å². The van der Waals surface area contributed by atoms with E-state index in [1.54, 1.807) is 28.6 Å². The van der Waals surface area contributed by atoms with Crippen LogP contribution in [0, 0.1) is 5.41 Å². The topological polar surface area (TPSA) is 63.4 Å². The summed E-state index contributed by atoms with van der Waals surface area (Å²) >= 11 is 0. The van der Waals surface area contributed by atoms with Crippen LogP contribution in [-0.4, -0.2) is 25.8 Å². The Morgan fingerprint density at radius 3 is 2.05 bits per heavy atom. The number of hydrogen-bond donors (Lipinski definition) is 1. The Bertz CT molecular complexity index is 552. The van der Waals surface area contributed by atoms with Gasteiger partial charge in [-0.1, -0.05) is 38.8 Å². The SMILES string of the molecule is CCC1(CC)CCN(S(=O)(=O)c2ccc(CN)cc2)CC1. The average Bonchev–Trinajstić information content (AvgIpc) is 2.55. The van der Waals surface area contributed by atoms with E-state index < -0.39 is 10.0 Å². The highest BCUT2D eigenvalue weighted by molar-refractivity contribution is 7.89. The second kappa shape index (κ2) is 6.46. The fraction of sp³-hybridized carbons (Fsp3) is 0.625. The van der Waals surface area contributed by atoms with Crippen molar-refractivity contribution in [3.8, 4) is 0 Å². The van der Waals surface area contributed by atoms with Crippen LogP contribution < -0.4 is 5.73 Å². The van der Waals surface area contributed by atoms with Gasteiger partial charge < -0.3 is 5.73 Å². The van der Waals surface area contributed by atoms with E-state index >= 15 is 0 Å². The summed E-state index contributed by atoms with van der Waals surface area (Å²) in [4.78, 5) is 0.375. The number of rotatable bonds is 5. The maximum absolute atomic E-state index is 12.7. The minimum absolute atomic E-state index is 0.329.